The second-order valence-corrected chi connectivity index (χ2v) is 5.86. The molecule has 20 heavy (non-hydrogen) atoms. The van der Waals surface area contributed by atoms with Crippen molar-refractivity contribution in [2.24, 2.45) is 5.92 Å². The number of benzene rings is 1. The van der Waals surface area contributed by atoms with Gasteiger partial charge in [0.15, 0.2) is 0 Å². The Labute approximate surface area is 120 Å². The lowest BCUT2D eigenvalue weighted by molar-refractivity contribution is -0.118. The van der Waals surface area contributed by atoms with Crippen LogP contribution in [0, 0.1) is 19.8 Å². The van der Waals surface area contributed by atoms with Crippen LogP contribution in [-0.4, -0.2) is 41.7 Å². The van der Waals surface area contributed by atoms with E-state index in [0.717, 1.165) is 30.8 Å². The summed E-state index contributed by atoms with van der Waals surface area (Å²) in [6, 6.07) is 5.93. The molecular weight excluding hydrogens is 252 g/mol. The highest BCUT2D eigenvalue weighted by Gasteiger charge is 2.25. The van der Waals surface area contributed by atoms with Crippen molar-refractivity contribution in [3.05, 3.63) is 29.3 Å². The summed E-state index contributed by atoms with van der Waals surface area (Å²) in [7, 11) is 0. The molecule has 1 heterocycles. The number of aliphatic hydroxyl groups excluding tert-OH is 1. The van der Waals surface area contributed by atoms with Crippen molar-refractivity contribution in [2.75, 3.05) is 25.0 Å². The molecule has 1 aliphatic heterocycles. The van der Waals surface area contributed by atoms with Gasteiger partial charge in [-0.25, -0.2) is 0 Å². The third kappa shape index (κ3) is 3.58. The van der Waals surface area contributed by atoms with E-state index in [4.69, 9.17) is 0 Å². The lowest BCUT2D eigenvalue weighted by Crippen LogP contribution is -2.45. The fourth-order valence-electron chi connectivity index (χ4n) is 2.64. The molecule has 0 bridgehead atoms. The van der Waals surface area contributed by atoms with Crippen molar-refractivity contribution >= 4 is 11.6 Å². The Morgan fingerprint density at radius 2 is 2.20 bits per heavy atom. The van der Waals surface area contributed by atoms with Crippen LogP contribution in [0.2, 0.25) is 0 Å². The van der Waals surface area contributed by atoms with Gasteiger partial charge in [-0.3, -0.25) is 9.69 Å². The summed E-state index contributed by atoms with van der Waals surface area (Å²) in [6.45, 7) is 8.04. The van der Waals surface area contributed by atoms with Crippen LogP contribution in [0.5, 0.6) is 0 Å². The Kier molecular flexibility index (Phi) is 4.78. The predicted octanol–water partition coefficient (Wildman–Crippen LogP) is 1.94. The van der Waals surface area contributed by atoms with E-state index in [9.17, 15) is 9.90 Å². The third-order valence-electron chi connectivity index (χ3n) is 4.19. The predicted molar refractivity (Wildman–Crippen MR) is 80.8 cm³/mol. The number of likely N-dealkylation sites (tertiary alicyclic amines) is 1. The van der Waals surface area contributed by atoms with Crippen LogP contribution in [-0.2, 0) is 4.79 Å². The quantitative estimate of drug-likeness (QED) is 0.887. The molecule has 0 aromatic heterocycles. The summed E-state index contributed by atoms with van der Waals surface area (Å²) in [6.07, 6.45) is 0.520. The van der Waals surface area contributed by atoms with Crippen LogP contribution in [0.1, 0.15) is 24.5 Å². The number of carbonyl (C=O) groups is 1. The van der Waals surface area contributed by atoms with Crippen molar-refractivity contribution in [2.45, 2.75) is 33.3 Å². The van der Waals surface area contributed by atoms with Crippen molar-refractivity contribution in [3.63, 3.8) is 0 Å². The molecule has 0 radical (unpaired) electrons. The molecule has 1 fully saturated rings. The fourth-order valence-corrected chi connectivity index (χ4v) is 2.64. The average Bonchev–Trinajstić information content (AvgIpc) is 2.39. The standard InChI is InChI=1S/C16H24N2O2/c1-11-5-4-6-14(13(11)3)17-16(20)10-18-8-7-15(19)12(2)9-18/h4-6,12,15,19H,7-10H2,1-3H3,(H,17,20). The van der Waals surface area contributed by atoms with E-state index in [2.05, 4.69) is 10.2 Å². The largest absolute Gasteiger partial charge is 0.393 e. The number of amides is 1. The number of aliphatic hydroxyl groups is 1. The first-order valence-corrected chi connectivity index (χ1v) is 7.24. The Morgan fingerprint density at radius 3 is 2.90 bits per heavy atom. The van der Waals surface area contributed by atoms with Crippen LogP contribution in [0.4, 0.5) is 5.69 Å². The van der Waals surface area contributed by atoms with Gasteiger partial charge in [0.25, 0.3) is 0 Å². The average molecular weight is 276 g/mol. The summed E-state index contributed by atoms with van der Waals surface area (Å²) in [4.78, 5) is 14.2. The Morgan fingerprint density at radius 1 is 1.45 bits per heavy atom. The summed E-state index contributed by atoms with van der Waals surface area (Å²) in [5.41, 5.74) is 3.18. The summed E-state index contributed by atoms with van der Waals surface area (Å²) in [5, 5.41) is 12.7. The molecule has 2 unspecified atom stereocenters. The Bertz CT molecular complexity index is 487. The van der Waals surface area contributed by atoms with Gasteiger partial charge >= 0.3 is 0 Å². The second-order valence-electron chi connectivity index (χ2n) is 5.86. The summed E-state index contributed by atoms with van der Waals surface area (Å²) < 4.78 is 0. The normalized spacial score (nSPS) is 23.6. The van der Waals surface area contributed by atoms with Crippen LogP contribution in [0.3, 0.4) is 0 Å². The molecule has 4 nitrogen and oxygen atoms in total. The summed E-state index contributed by atoms with van der Waals surface area (Å²) in [5.74, 6) is 0.250. The monoisotopic (exact) mass is 276 g/mol. The minimum atomic E-state index is -0.228. The number of aryl methyl sites for hydroxylation is 1. The van der Waals surface area contributed by atoms with Gasteiger partial charge in [0.2, 0.25) is 5.91 Å². The molecule has 0 spiro atoms. The molecule has 4 heteroatoms. The van der Waals surface area contributed by atoms with Crippen LogP contribution < -0.4 is 5.32 Å². The second kappa shape index (κ2) is 6.37. The van der Waals surface area contributed by atoms with Gasteiger partial charge < -0.3 is 10.4 Å². The molecule has 1 saturated heterocycles. The smallest absolute Gasteiger partial charge is 0.238 e. The highest BCUT2D eigenvalue weighted by molar-refractivity contribution is 5.93. The molecule has 2 atom stereocenters. The number of anilines is 1. The lowest BCUT2D eigenvalue weighted by atomic mass is 9.97. The molecule has 1 aromatic rings. The molecule has 1 amide bonds. The van der Waals surface area contributed by atoms with E-state index in [-0.39, 0.29) is 17.9 Å². The molecule has 110 valence electrons. The Hall–Kier alpha value is -1.39. The number of nitrogens with one attached hydrogen (secondary N) is 1. The first kappa shape index (κ1) is 15.0. The number of hydrogen-bond donors (Lipinski definition) is 2. The van der Waals surface area contributed by atoms with Crippen molar-refractivity contribution in [3.8, 4) is 0 Å². The molecule has 0 saturated carbocycles. The molecule has 2 N–H and O–H groups in total. The van der Waals surface area contributed by atoms with E-state index in [1.54, 1.807) is 0 Å². The van der Waals surface area contributed by atoms with Crippen LogP contribution in [0.15, 0.2) is 18.2 Å². The minimum absolute atomic E-state index is 0.0160. The molecule has 1 aliphatic rings. The molecule has 2 rings (SSSR count). The van der Waals surface area contributed by atoms with E-state index in [0.29, 0.717) is 6.54 Å². The molecular formula is C16H24N2O2. The fraction of sp³-hybridized carbons (Fsp3) is 0.562. The van der Waals surface area contributed by atoms with Gasteiger partial charge in [0.1, 0.15) is 0 Å². The van der Waals surface area contributed by atoms with Crippen molar-refractivity contribution < 1.29 is 9.90 Å². The van der Waals surface area contributed by atoms with Gasteiger partial charge in [-0.2, -0.15) is 0 Å². The van der Waals surface area contributed by atoms with Gasteiger partial charge in [0.05, 0.1) is 12.6 Å². The van der Waals surface area contributed by atoms with Crippen LogP contribution in [0.25, 0.3) is 0 Å². The Balaban J connectivity index is 1.91. The zero-order chi connectivity index (χ0) is 14.7. The van der Waals surface area contributed by atoms with Crippen molar-refractivity contribution in [1.29, 1.82) is 0 Å². The molecule has 1 aromatic carbocycles. The number of carbonyl (C=O) groups excluding carboxylic acids is 1. The maximum Gasteiger partial charge on any atom is 0.238 e. The zero-order valence-electron chi connectivity index (χ0n) is 12.5. The number of piperidine rings is 1. The van der Waals surface area contributed by atoms with E-state index in [1.165, 1.54) is 5.56 Å². The van der Waals surface area contributed by atoms with Gasteiger partial charge in [-0.15, -0.1) is 0 Å². The number of nitrogens with zero attached hydrogens (tertiary/aromatic N) is 1. The maximum atomic E-state index is 12.1. The van der Waals surface area contributed by atoms with E-state index >= 15 is 0 Å². The SMILES string of the molecule is Cc1cccc(NC(=O)CN2CCC(O)C(C)C2)c1C. The van der Waals surface area contributed by atoms with Crippen LogP contribution >= 0.6 is 0 Å². The first-order valence-electron chi connectivity index (χ1n) is 7.24. The maximum absolute atomic E-state index is 12.1. The van der Waals surface area contributed by atoms with E-state index in [1.807, 2.05) is 39.0 Å². The minimum Gasteiger partial charge on any atom is -0.393 e. The van der Waals surface area contributed by atoms with E-state index < -0.39 is 0 Å². The lowest BCUT2D eigenvalue weighted by Gasteiger charge is -2.33. The van der Waals surface area contributed by atoms with Gasteiger partial charge in [-0.1, -0.05) is 19.1 Å². The number of rotatable bonds is 3. The number of hydrogen-bond acceptors (Lipinski definition) is 3. The topological polar surface area (TPSA) is 52.6 Å². The highest BCUT2D eigenvalue weighted by atomic mass is 16.3. The van der Waals surface area contributed by atoms with Crippen molar-refractivity contribution in [1.82, 2.24) is 4.90 Å². The summed E-state index contributed by atoms with van der Waals surface area (Å²) >= 11 is 0. The van der Waals surface area contributed by atoms with Gasteiger partial charge in [-0.05, 0) is 43.4 Å². The molecule has 0 aliphatic carbocycles. The zero-order valence-corrected chi connectivity index (χ0v) is 12.5. The first-order chi connectivity index (χ1) is 9.47. The van der Waals surface area contributed by atoms with Gasteiger partial charge in [0, 0.05) is 18.8 Å². The third-order valence-corrected chi connectivity index (χ3v) is 4.19. The highest BCUT2D eigenvalue weighted by Crippen LogP contribution is 2.19.